The summed E-state index contributed by atoms with van der Waals surface area (Å²) < 4.78 is 0. The Hall–Kier alpha value is -1.24. The molecule has 0 spiro atoms. The fourth-order valence-corrected chi connectivity index (χ4v) is 2.99. The van der Waals surface area contributed by atoms with Gasteiger partial charge in [-0.1, -0.05) is 23.2 Å². The van der Waals surface area contributed by atoms with Crippen LogP contribution in [-0.4, -0.2) is 34.4 Å². The van der Waals surface area contributed by atoms with Crippen molar-refractivity contribution < 1.29 is 19.5 Å². The van der Waals surface area contributed by atoms with Crippen molar-refractivity contribution in [2.45, 2.75) is 0 Å². The second-order valence-corrected chi connectivity index (χ2v) is 5.53. The first-order valence-electron chi connectivity index (χ1n) is 5.07. The number of benzene rings is 1. The number of amides is 2. The van der Waals surface area contributed by atoms with Crippen LogP contribution in [0.4, 0.5) is 5.69 Å². The summed E-state index contributed by atoms with van der Waals surface area (Å²) in [6.07, 6.45) is 0. The van der Waals surface area contributed by atoms with E-state index in [2.05, 4.69) is 0 Å². The number of nitrogens with zero attached hydrogens (tertiary/aromatic N) is 1. The average molecular weight is 320 g/mol. The third kappa shape index (κ3) is 2.70. The Morgan fingerprint density at radius 2 is 1.79 bits per heavy atom. The maximum absolute atomic E-state index is 11.8. The van der Waals surface area contributed by atoms with Crippen molar-refractivity contribution in [3.8, 4) is 0 Å². The Morgan fingerprint density at radius 1 is 1.21 bits per heavy atom. The van der Waals surface area contributed by atoms with Crippen LogP contribution in [0.25, 0.3) is 0 Å². The molecule has 1 aliphatic rings. The molecule has 5 nitrogen and oxygen atoms in total. The number of carboxylic acid groups (broad SMARTS) is 1. The number of thioether (sulfide) groups is 1. The first-order valence-corrected chi connectivity index (χ1v) is 6.98. The summed E-state index contributed by atoms with van der Waals surface area (Å²) in [6.45, 7) is 0. The highest BCUT2D eigenvalue weighted by Crippen LogP contribution is 2.35. The van der Waals surface area contributed by atoms with Crippen molar-refractivity contribution >= 4 is 58.4 Å². The SMILES string of the molecule is O=C(O)c1cc(Cl)cc(Cl)c1N1C(=O)CSCC1=O. The second kappa shape index (κ2) is 5.40. The molecule has 1 aliphatic heterocycles. The first-order chi connectivity index (χ1) is 8.91. The Balaban J connectivity index is 2.63. The van der Waals surface area contributed by atoms with E-state index in [4.69, 9.17) is 28.3 Å². The van der Waals surface area contributed by atoms with Crippen molar-refractivity contribution in [2.75, 3.05) is 16.4 Å². The van der Waals surface area contributed by atoms with Crippen LogP contribution in [0.1, 0.15) is 10.4 Å². The summed E-state index contributed by atoms with van der Waals surface area (Å²) in [5.74, 6) is -2.09. The van der Waals surface area contributed by atoms with Crippen molar-refractivity contribution in [3.05, 3.63) is 27.7 Å². The Kier molecular flexibility index (Phi) is 4.03. The summed E-state index contributed by atoms with van der Waals surface area (Å²) in [4.78, 5) is 35.7. The molecule has 8 heteroatoms. The summed E-state index contributed by atoms with van der Waals surface area (Å²) in [7, 11) is 0. The van der Waals surface area contributed by atoms with Gasteiger partial charge in [-0.2, -0.15) is 0 Å². The maximum Gasteiger partial charge on any atom is 0.337 e. The molecule has 2 rings (SSSR count). The van der Waals surface area contributed by atoms with Gasteiger partial charge in [-0.05, 0) is 12.1 Å². The highest BCUT2D eigenvalue weighted by molar-refractivity contribution is 8.00. The molecular weight excluding hydrogens is 313 g/mol. The molecule has 1 saturated heterocycles. The van der Waals surface area contributed by atoms with Gasteiger partial charge in [-0.25, -0.2) is 9.69 Å². The van der Waals surface area contributed by atoms with E-state index in [1.54, 1.807) is 0 Å². The fourth-order valence-electron chi connectivity index (χ4n) is 1.70. The van der Waals surface area contributed by atoms with Gasteiger partial charge in [0.15, 0.2) is 0 Å². The molecule has 100 valence electrons. The van der Waals surface area contributed by atoms with E-state index in [-0.39, 0.29) is 32.8 Å². The molecular formula is C11H7Cl2NO4S. The van der Waals surface area contributed by atoms with E-state index in [1.807, 2.05) is 0 Å². The van der Waals surface area contributed by atoms with E-state index in [0.717, 1.165) is 11.0 Å². The molecule has 1 fully saturated rings. The minimum atomic E-state index is -1.31. The van der Waals surface area contributed by atoms with Crippen molar-refractivity contribution in [2.24, 2.45) is 0 Å². The molecule has 0 aliphatic carbocycles. The number of hydrogen-bond acceptors (Lipinski definition) is 4. The van der Waals surface area contributed by atoms with Crippen LogP contribution in [0.3, 0.4) is 0 Å². The number of aromatic carboxylic acids is 1. The van der Waals surface area contributed by atoms with Crippen LogP contribution in [0.15, 0.2) is 12.1 Å². The van der Waals surface area contributed by atoms with Crippen molar-refractivity contribution in [1.82, 2.24) is 0 Å². The standard InChI is InChI=1S/C11H7Cl2NO4S/c12-5-1-6(11(17)18)10(7(13)2-5)14-8(15)3-19-4-9(14)16/h1-2H,3-4H2,(H,17,18). The topological polar surface area (TPSA) is 74.7 Å². The molecule has 0 aromatic heterocycles. The minimum absolute atomic E-state index is 0.0431. The number of anilines is 1. The molecule has 0 saturated carbocycles. The van der Waals surface area contributed by atoms with Gasteiger partial charge in [-0.3, -0.25) is 9.59 Å². The summed E-state index contributed by atoms with van der Waals surface area (Å²) in [6, 6.07) is 2.46. The second-order valence-electron chi connectivity index (χ2n) is 3.70. The van der Waals surface area contributed by atoms with Gasteiger partial charge in [0.25, 0.3) is 0 Å². The lowest BCUT2D eigenvalue weighted by atomic mass is 10.1. The molecule has 1 aromatic carbocycles. The molecule has 0 bridgehead atoms. The molecule has 0 radical (unpaired) electrons. The van der Waals surface area contributed by atoms with E-state index in [0.29, 0.717) is 0 Å². The third-order valence-electron chi connectivity index (χ3n) is 2.43. The monoisotopic (exact) mass is 319 g/mol. The largest absolute Gasteiger partial charge is 0.478 e. The van der Waals surface area contributed by atoms with E-state index in [1.165, 1.54) is 17.8 Å². The van der Waals surface area contributed by atoms with Crippen LogP contribution in [-0.2, 0) is 9.59 Å². The lowest BCUT2D eigenvalue weighted by molar-refractivity contribution is -0.124. The number of carbonyl (C=O) groups excluding carboxylic acids is 2. The fraction of sp³-hybridized carbons (Fsp3) is 0.182. The van der Waals surface area contributed by atoms with Gasteiger partial charge >= 0.3 is 5.97 Å². The van der Waals surface area contributed by atoms with Gasteiger partial charge in [0.2, 0.25) is 11.8 Å². The maximum atomic E-state index is 11.8. The predicted octanol–water partition coefficient (Wildman–Crippen LogP) is 2.30. The lowest BCUT2D eigenvalue weighted by Gasteiger charge is -2.26. The zero-order chi connectivity index (χ0) is 14.2. The highest BCUT2D eigenvalue weighted by atomic mass is 35.5. The van der Waals surface area contributed by atoms with E-state index < -0.39 is 17.8 Å². The molecule has 2 amide bonds. The summed E-state index contributed by atoms with van der Waals surface area (Å²) in [5, 5.41) is 9.23. The highest BCUT2D eigenvalue weighted by Gasteiger charge is 2.32. The Morgan fingerprint density at radius 3 is 2.32 bits per heavy atom. The van der Waals surface area contributed by atoms with Crippen molar-refractivity contribution in [1.29, 1.82) is 0 Å². The number of halogens is 2. The minimum Gasteiger partial charge on any atom is -0.478 e. The van der Waals surface area contributed by atoms with Gasteiger partial charge in [0, 0.05) is 5.02 Å². The van der Waals surface area contributed by atoms with Gasteiger partial charge in [0.1, 0.15) is 0 Å². The zero-order valence-corrected chi connectivity index (χ0v) is 11.7. The average Bonchev–Trinajstić information content (AvgIpc) is 2.30. The van der Waals surface area contributed by atoms with Crippen LogP contribution >= 0.6 is 35.0 Å². The van der Waals surface area contributed by atoms with Gasteiger partial charge in [-0.15, -0.1) is 11.8 Å². The molecule has 1 heterocycles. The number of imide groups is 1. The van der Waals surface area contributed by atoms with E-state index >= 15 is 0 Å². The number of carbonyl (C=O) groups is 3. The quantitative estimate of drug-likeness (QED) is 0.846. The normalized spacial score (nSPS) is 15.8. The Bertz CT molecular complexity index is 574. The molecule has 19 heavy (non-hydrogen) atoms. The van der Waals surface area contributed by atoms with Crippen LogP contribution in [0, 0.1) is 0 Å². The van der Waals surface area contributed by atoms with Crippen LogP contribution in [0.2, 0.25) is 10.0 Å². The summed E-state index contributed by atoms with van der Waals surface area (Å²) >= 11 is 12.9. The molecule has 0 atom stereocenters. The zero-order valence-electron chi connectivity index (χ0n) is 9.35. The summed E-state index contributed by atoms with van der Waals surface area (Å²) in [5.41, 5.74) is -0.389. The number of carboxylic acids is 1. The Labute approximate surface area is 122 Å². The molecule has 1 aromatic rings. The number of rotatable bonds is 2. The van der Waals surface area contributed by atoms with E-state index in [9.17, 15) is 14.4 Å². The van der Waals surface area contributed by atoms with Crippen LogP contribution < -0.4 is 4.90 Å². The third-order valence-corrected chi connectivity index (χ3v) is 3.84. The lowest BCUT2D eigenvalue weighted by Crippen LogP contribution is -2.44. The van der Waals surface area contributed by atoms with Gasteiger partial charge in [0.05, 0.1) is 27.8 Å². The number of hydrogen-bond donors (Lipinski definition) is 1. The molecule has 0 unspecified atom stereocenters. The van der Waals surface area contributed by atoms with Crippen molar-refractivity contribution in [3.63, 3.8) is 0 Å². The predicted molar refractivity (Wildman–Crippen MR) is 73.2 cm³/mol. The molecule has 1 N–H and O–H groups in total. The van der Waals surface area contributed by atoms with Crippen LogP contribution in [0.5, 0.6) is 0 Å². The van der Waals surface area contributed by atoms with Gasteiger partial charge < -0.3 is 5.11 Å². The smallest absolute Gasteiger partial charge is 0.337 e. The first kappa shape index (κ1) is 14.2.